The van der Waals surface area contributed by atoms with Crippen molar-refractivity contribution in [3.05, 3.63) is 34.9 Å². The van der Waals surface area contributed by atoms with Gasteiger partial charge in [0.25, 0.3) is 0 Å². The molecule has 1 rings (SSSR count). The highest BCUT2D eigenvalue weighted by Gasteiger charge is 2.19. The van der Waals surface area contributed by atoms with Crippen LogP contribution < -0.4 is 0 Å². The van der Waals surface area contributed by atoms with Crippen molar-refractivity contribution in [2.45, 2.75) is 39.0 Å². The number of hydrogen-bond acceptors (Lipinski definition) is 2. The number of rotatable bonds is 8. The summed E-state index contributed by atoms with van der Waals surface area (Å²) in [6.45, 7) is 1.88. The van der Waals surface area contributed by atoms with E-state index in [0.717, 1.165) is 12.5 Å². The van der Waals surface area contributed by atoms with Gasteiger partial charge in [-0.25, -0.2) is 13.6 Å². The van der Waals surface area contributed by atoms with Gasteiger partial charge in [-0.2, -0.15) is 0 Å². The monoisotopic (exact) mass is 300 g/mol. The van der Waals surface area contributed by atoms with Crippen LogP contribution in [0.25, 0.3) is 0 Å². The quantitative estimate of drug-likeness (QED) is 0.770. The van der Waals surface area contributed by atoms with Gasteiger partial charge < -0.3 is 10.2 Å². The van der Waals surface area contributed by atoms with Gasteiger partial charge in [0.2, 0.25) is 0 Å². The number of halogens is 2. The van der Waals surface area contributed by atoms with E-state index in [-0.39, 0.29) is 12.0 Å². The number of aliphatic carboxylic acids is 1. The number of aryl methyl sites for hydroxylation is 1. The third-order valence-corrected chi connectivity index (χ3v) is 3.38. The molecule has 0 saturated carbocycles. The first-order valence-electron chi connectivity index (χ1n) is 6.81. The standard InChI is InChI=1S/C15H18F2O4/c1-2-4-10(14(18)19)6-3-5-9-7-8-11(15(20)21)13(17)12(9)16/h7-8,10H,2-6H2,1H3,(H,18,19)(H,20,21). The molecule has 116 valence electrons. The second kappa shape index (κ2) is 7.71. The number of carbonyl (C=O) groups is 2. The van der Waals surface area contributed by atoms with Gasteiger partial charge in [-0.05, 0) is 37.3 Å². The molecule has 21 heavy (non-hydrogen) atoms. The molecule has 0 aliphatic heterocycles. The lowest BCUT2D eigenvalue weighted by atomic mass is 9.95. The van der Waals surface area contributed by atoms with Crippen LogP contribution in [0.5, 0.6) is 0 Å². The van der Waals surface area contributed by atoms with Crippen molar-refractivity contribution in [3.63, 3.8) is 0 Å². The Bertz CT molecular complexity index is 529. The van der Waals surface area contributed by atoms with Gasteiger partial charge >= 0.3 is 11.9 Å². The van der Waals surface area contributed by atoms with E-state index in [1.54, 1.807) is 0 Å². The maximum absolute atomic E-state index is 13.7. The van der Waals surface area contributed by atoms with E-state index < -0.39 is 35.1 Å². The van der Waals surface area contributed by atoms with Crippen LogP contribution in [0.4, 0.5) is 8.78 Å². The van der Waals surface area contributed by atoms with Crippen LogP contribution in [0.1, 0.15) is 48.5 Å². The van der Waals surface area contributed by atoms with Gasteiger partial charge in [-0.1, -0.05) is 19.4 Å². The second-order valence-electron chi connectivity index (χ2n) is 4.92. The largest absolute Gasteiger partial charge is 0.481 e. The van der Waals surface area contributed by atoms with Crippen molar-refractivity contribution in [2.24, 2.45) is 5.92 Å². The summed E-state index contributed by atoms with van der Waals surface area (Å²) in [6, 6.07) is 2.26. The number of benzene rings is 1. The molecular weight excluding hydrogens is 282 g/mol. The van der Waals surface area contributed by atoms with Gasteiger partial charge in [0.15, 0.2) is 11.6 Å². The van der Waals surface area contributed by atoms with Crippen molar-refractivity contribution < 1.29 is 28.6 Å². The molecule has 0 bridgehead atoms. The lowest BCUT2D eigenvalue weighted by molar-refractivity contribution is -0.142. The van der Waals surface area contributed by atoms with E-state index in [4.69, 9.17) is 10.2 Å². The van der Waals surface area contributed by atoms with Crippen molar-refractivity contribution in [1.82, 2.24) is 0 Å². The summed E-state index contributed by atoms with van der Waals surface area (Å²) in [5.74, 6) is -5.43. The lowest BCUT2D eigenvalue weighted by Gasteiger charge is -2.11. The number of carboxylic acids is 2. The number of aromatic carboxylic acids is 1. The van der Waals surface area contributed by atoms with Gasteiger partial charge in [-0.15, -0.1) is 0 Å². The van der Waals surface area contributed by atoms with Gasteiger partial charge in [0.05, 0.1) is 11.5 Å². The van der Waals surface area contributed by atoms with Crippen molar-refractivity contribution in [2.75, 3.05) is 0 Å². The molecule has 6 heteroatoms. The number of carboxylic acid groups (broad SMARTS) is 2. The van der Waals surface area contributed by atoms with Gasteiger partial charge in [-0.3, -0.25) is 4.79 Å². The normalized spacial score (nSPS) is 12.1. The molecular formula is C15H18F2O4. The maximum atomic E-state index is 13.7. The van der Waals surface area contributed by atoms with Crippen LogP contribution in [-0.2, 0) is 11.2 Å². The van der Waals surface area contributed by atoms with Crippen molar-refractivity contribution in [3.8, 4) is 0 Å². The molecule has 4 nitrogen and oxygen atoms in total. The molecule has 0 fully saturated rings. The first-order valence-corrected chi connectivity index (χ1v) is 6.81. The molecule has 0 heterocycles. The van der Waals surface area contributed by atoms with E-state index in [2.05, 4.69) is 0 Å². The number of hydrogen-bond donors (Lipinski definition) is 2. The van der Waals surface area contributed by atoms with Crippen LogP contribution in [-0.4, -0.2) is 22.2 Å². The predicted molar refractivity (Wildman–Crippen MR) is 72.3 cm³/mol. The smallest absolute Gasteiger partial charge is 0.338 e. The molecule has 0 saturated heterocycles. The van der Waals surface area contributed by atoms with E-state index in [0.29, 0.717) is 19.3 Å². The summed E-state index contributed by atoms with van der Waals surface area (Å²) >= 11 is 0. The van der Waals surface area contributed by atoms with E-state index >= 15 is 0 Å². The average Bonchev–Trinajstić information content (AvgIpc) is 2.41. The fourth-order valence-electron chi connectivity index (χ4n) is 2.23. The molecule has 0 aliphatic carbocycles. The highest BCUT2D eigenvalue weighted by Crippen LogP contribution is 2.20. The Labute approximate surface area is 121 Å². The van der Waals surface area contributed by atoms with Crippen LogP contribution in [0, 0.1) is 17.6 Å². The fraction of sp³-hybridized carbons (Fsp3) is 0.467. The van der Waals surface area contributed by atoms with Crippen LogP contribution in [0.3, 0.4) is 0 Å². The van der Waals surface area contributed by atoms with E-state index in [1.165, 1.54) is 6.07 Å². The maximum Gasteiger partial charge on any atom is 0.338 e. The first-order chi connectivity index (χ1) is 9.88. The molecule has 2 N–H and O–H groups in total. The fourth-order valence-corrected chi connectivity index (χ4v) is 2.23. The Morgan fingerprint density at radius 2 is 1.81 bits per heavy atom. The van der Waals surface area contributed by atoms with Crippen LogP contribution in [0.15, 0.2) is 12.1 Å². The molecule has 1 atom stereocenters. The SMILES string of the molecule is CCCC(CCCc1ccc(C(=O)O)c(F)c1F)C(=O)O. The van der Waals surface area contributed by atoms with E-state index in [1.807, 2.05) is 6.92 Å². The summed E-state index contributed by atoms with van der Waals surface area (Å²) in [6.07, 6.45) is 2.25. The second-order valence-corrected chi connectivity index (χ2v) is 4.92. The minimum Gasteiger partial charge on any atom is -0.481 e. The molecule has 0 spiro atoms. The summed E-state index contributed by atoms with van der Waals surface area (Å²) < 4.78 is 27.2. The Morgan fingerprint density at radius 3 is 2.33 bits per heavy atom. The van der Waals surface area contributed by atoms with Gasteiger partial charge in [0, 0.05) is 0 Å². The molecule has 0 radical (unpaired) electrons. The minimum atomic E-state index is -1.52. The van der Waals surface area contributed by atoms with Gasteiger partial charge in [0.1, 0.15) is 0 Å². The average molecular weight is 300 g/mol. The predicted octanol–water partition coefficient (Wildman–Crippen LogP) is 3.49. The van der Waals surface area contributed by atoms with Crippen LogP contribution >= 0.6 is 0 Å². The molecule has 1 unspecified atom stereocenters. The van der Waals surface area contributed by atoms with Crippen molar-refractivity contribution >= 4 is 11.9 Å². The highest BCUT2D eigenvalue weighted by atomic mass is 19.2. The lowest BCUT2D eigenvalue weighted by Crippen LogP contribution is -2.14. The molecule has 0 aliphatic rings. The Hall–Kier alpha value is -1.98. The molecule has 0 aromatic heterocycles. The summed E-state index contributed by atoms with van der Waals surface area (Å²) in [5.41, 5.74) is -0.635. The summed E-state index contributed by atoms with van der Waals surface area (Å²) in [7, 11) is 0. The first kappa shape index (κ1) is 17.1. The highest BCUT2D eigenvalue weighted by molar-refractivity contribution is 5.88. The molecule has 1 aromatic carbocycles. The zero-order valence-corrected chi connectivity index (χ0v) is 11.7. The Balaban J connectivity index is 2.70. The van der Waals surface area contributed by atoms with E-state index in [9.17, 15) is 18.4 Å². The Morgan fingerprint density at radius 1 is 1.14 bits per heavy atom. The van der Waals surface area contributed by atoms with Crippen molar-refractivity contribution in [1.29, 1.82) is 0 Å². The zero-order chi connectivity index (χ0) is 16.0. The topological polar surface area (TPSA) is 74.6 Å². The third-order valence-electron chi connectivity index (χ3n) is 3.38. The summed E-state index contributed by atoms with van der Waals surface area (Å²) in [4.78, 5) is 21.6. The molecule has 1 aromatic rings. The zero-order valence-electron chi connectivity index (χ0n) is 11.7. The minimum absolute atomic E-state index is 0.0677. The van der Waals surface area contributed by atoms with Crippen LogP contribution in [0.2, 0.25) is 0 Å². The third kappa shape index (κ3) is 4.51. The summed E-state index contributed by atoms with van der Waals surface area (Å²) in [5, 5.41) is 17.7. The molecule has 0 amide bonds. The Kier molecular flexibility index (Phi) is 6.27.